The second-order valence-electron chi connectivity index (χ2n) is 8.39. The molecular formula is C23H34N4O3S. The molecule has 2 amide bonds. The first-order valence-electron chi connectivity index (χ1n) is 10.7. The molecular weight excluding hydrogens is 412 g/mol. The molecule has 2 heterocycles. The minimum Gasteiger partial charge on any atom is -0.379 e. The molecule has 1 fully saturated rings. The zero-order chi connectivity index (χ0) is 23.2. The number of aromatic nitrogens is 1. The van der Waals surface area contributed by atoms with E-state index in [9.17, 15) is 9.59 Å². The predicted octanol–water partition coefficient (Wildman–Crippen LogP) is 3.92. The predicted molar refractivity (Wildman–Crippen MR) is 125 cm³/mol. The van der Waals surface area contributed by atoms with Crippen LogP contribution >= 0.6 is 11.3 Å². The lowest BCUT2D eigenvalue weighted by Gasteiger charge is -2.32. The van der Waals surface area contributed by atoms with Crippen LogP contribution in [0.5, 0.6) is 5.75 Å². The number of nitrogens with zero attached hydrogens (tertiary/aromatic N) is 2. The van der Waals surface area contributed by atoms with Crippen LogP contribution in [-0.4, -0.2) is 40.3 Å². The van der Waals surface area contributed by atoms with E-state index >= 15 is 0 Å². The van der Waals surface area contributed by atoms with Crippen LogP contribution < -0.4 is 16.1 Å². The first-order chi connectivity index (χ1) is 14.7. The Morgan fingerprint density at radius 2 is 1.90 bits per heavy atom. The van der Waals surface area contributed by atoms with Gasteiger partial charge in [-0.25, -0.2) is 4.98 Å². The third kappa shape index (κ3) is 6.04. The Balaban J connectivity index is 0.00000166. The number of rotatable bonds is 5. The molecule has 3 rings (SSSR count). The van der Waals surface area contributed by atoms with Crippen LogP contribution in [0.3, 0.4) is 0 Å². The van der Waals surface area contributed by atoms with Gasteiger partial charge in [-0.2, -0.15) is 5.48 Å². The Morgan fingerprint density at radius 1 is 1.26 bits per heavy atom. The maximum absolute atomic E-state index is 12.7. The average molecular weight is 447 g/mol. The van der Waals surface area contributed by atoms with Crippen LogP contribution in [0.15, 0.2) is 29.8 Å². The lowest BCUT2D eigenvalue weighted by Crippen LogP contribution is -2.55. The fraction of sp³-hybridized carbons (Fsp3) is 0.522. The van der Waals surface area contributed by atoms with Crippen molar-refractivity contribution < 1.29 is 14.4 Å². The number of carbonyl (C=O) groups is 2. The van der Waals surface area contributed by atoms with Crippen molar-refractivity contribution in [2.45, 2.75) is 66.5 Å². The molecule has 7 nitrogen and oxygen atoms in total. The highest BCUT2D eigenvalue weighted by molar-refractivity contribution is 7.13. The number of hydroxylamine groups is 1. The zero-order valence-electron chi connectivity index (χ0n) is 19.3. The standard InChI is InChI=1S/C21H28N4O3S.C2H6/c1-13-17(29-12-23-13)14-7-9-15(10-8-14)28-24-19(26)16-6-5-11-25(16)20(27)18(22)21(2,3)4;1-2/h7-10,12,16,18H,5-6,11,22H2,1-4H3,(H,24,26);1-2H3. The van der Waals surface area contributed by atoms with Gasteiger partial charge in [0.15, 0.2) is 5.75 Å². The Morgan fingerprint density at radius 3 is 2.45 bits per heavy atom. The third-order valence-corrected chi connectivity index (χ3v) is 6.15. The number of amides is 2. The van der Waals surface area contributed by atoms with Gasteiger partial charge in [-0.15, -0.1) is 11.3 Å². The highest BCUT2D eigenvalue weighted by Gasteiger charge is 2.39. The molecule has 2 aromatic rings. The topological polar surface area (TPSA) is 97.5 Å². The lowest BCUT2D eigenvalue weighted by molar-refractivity contribution is -0.143. The fourth-order valence-electron chi connectivity index (χ4n) is 3.28. The summed E-state index contributed by atoms with van der Waals surface area (Å²) in [5, 5.41) is 0. The normalized spacial score (nSPS) is 16.9. The van der Waals surface area contributed by atoms with Crippen LogP contribution in [0.2, 0.25) is 0 Å². The van der Waals surface area contributed by atoms with E-state index in [0.29, 0.717) is 18.7 Å². The molecule has 0 saturated carbocycles. The molecule has 170 valence electrons. The average Bonchev–Trinajstić information content (AvgIpc) is 3.41. The molecule has 1 aromatic carbocycles. The van der Waals surface area contributed by atoms with E-state index in [4.69, 9.17) is 10.6 Å². The number of nitrogens with two attached hydrogens (primary N) is 1. The molecule has 31 heavy (non-hydrogen) atoms. The largest absolute Gasteiger partial charge is 0.379 e. The molecule has 0 bridgehead atoms. The van der Waals surface area contributed by atoms with Crippen molar-refractivity contribution in [2.24, 2.45) is 11.1 Å². The number of benzene rings is 1. The van der Waals surface area contributed by atoms with Crippen molar-refractivity contribution in [3.05, 3.63) is 35.5 Å². The Kier molecular flexibility index (Phi) is 8.59. The number of hydrogen-bond donors (Lipinski definition) is 2. The van der Waals surface area contributed by atoms with E-state index in [0.717, 1.165) is 22.6 Å². The Bertz CT molecular complexity index is 874. The summed E-state index contributed by atoms with van der Waals surface area (Å²) in [6.07, 6.45) is 1.37. The molecule has 1 saturated heterocycles. The zero-order valence-corrected chi connectivity index (χ0v) is 20.1. The van der Waals surface area contributed by atoms with Gasteiger partial charge in [-0.3, -0.25) is 9.59 Å². The molecule has 0 spiro atoms. The molecule has 1 aliphatic rings. The van der Waals surface area contributed by atoms with Gasteiger partial charge in [-0.05, 0) is 55.0 Å². The van der Waals surface area contributed by atoms with Crippen LogP contribution in [0, 0.1) is 12.3 Å². The van der Waals surface area contributed by atoms with Gasteiger partial charge in [-0.1, -0.05) is 34.6 Å². The number of hydrogen-bond acceptors (Lipinski definition) is 6. The van der Waals surface area contributed by atoms with Crippen molar-refractivity contribution in [3.63, 3.8) is 0 Å². The summed E-state index contributed by atoms with van der Waals surface area (Å²) in [5.41, 5.74) is 12.1. The molecule has 2 unspecified atom stereocenters. The first kappa shape index (κ1) is 24.8. The maximum atomic E-state index is 12.7. The van der Waals surface area contributed by atoms with Crippen LogP contribution in [-0.2, 0) is 9.59 Å². The van der Waals surface area contributed by atoms with Crippen molar-refractivity contribution in [3.8, 4) is 16.2 Å². The van der Waals surface area contributed by atoms with Gasteiger partial charge in [0.25, 0.3) is 5.91 Å². The number of thiazole rings is 1. The summed E-state index contributed by atoms with van der Waals surface area (Å²) in [6, 6.07) is 6.23. The molecule has 3 N–H and O–H groups in total. The highest BCUT2D eigenvalue weighted by atomic mass is 32.1. The second-order valence-corrected chi connectivity index (χ2v) is 9.25. The second kappa shape index (κ2) is 10.7. The van der Waals surface area contributed by atoms with Gasteiger partial charge in [0.1, 0.15) is 6.04 Å². The first-order valence-corrected chi connectivity index (χ1v) is 11.6. The van der Waals surface area contributed by atoms with Crippen molar-refractivity contribution >= 4 is 23.2 Å². The Hall–Kier alpha value is -2.45. The smallest absolute Gasteiger partial charge is 0.275 e. The third-order valence-electron chi connectivity index (χ3n) is 5.17. The van der Waals surface area contributed by atoms with Crippen molar-refractivity contribution in [1.82, 2.24) is 15.4 Å². The van der Waals surface area contributed by atoms with Crippen molar-refractivity contribution in [1.29, 1.82) is 0 Å². The quantitative estimate of drug-likeness (QED) is 0.679. The SMILES string of the molecule is CC.Cc1ncsc1-c1ccc(ONC(=O)C2CCCN2C(=O)C(N)C(C)(C)C)cc1. The molecule has 0 aliphatic carbocycles. The molecule has 0 radical (unpaired) electrons. The minimum atomic E-state index is -0.653. The van der Waals surface area contributed by atoms with Gasteiger partial charge in [0.2, 0.25) is 5.91 Å². The van der Waals surface area contributed by atoms with Gasteiger partial charge in [0, 0.05) is 6.54 Å². The summed E-state index contributed by atoms with van der Waals surface area (Å²) < 4.78 is 0. The van der Waals surface area contributed by atoms with Crippen molar-refractivity contribution in [2.75, 3.05) is 6.54 Å². The van der Waals surface area contributed by atoms with E-state index in [1.807, 2.05) is 59.2 Å². The molecule has 8 heteroatoms. The summed E-state index contributed by atoms with van der Waals surface area (Å²) in [6.45, 7) is 12.3. The lowest BCUT2D eigenvalue weighted by atomic mass is 9.86. The molecule has 1 aromatic heterocycles. The highest BCUT2D eigenvalue weighted by Crippen LogP contribution is 2.28. The summed E-state index contributed by atoms with van der Waals surface area (Å²) in [7, 11) is 0. The summed E-state index contributed by atoms with van der Waals surface area (Å²) in [4.78, 5) is 37.8. The van der Waals surface area contributed by atoms with E-state index < -0.39 is 12.1 Å². The van der Waals surface area contributed by atoms with E-state index in [1.165, 1.54) is 0 Å². The number of likely N-dealkylation sites (tertiary alicyclic amines) is 1. The van der Waals surface area contributed by atoms with Gasteiger partial charge < -0.3 is 15.5 Å². The molecule has 1 aliphatic heterocycles. The van der Waals surface area contributed by atoms with Crippen LogP contribution in [0.4, 0.5) is 0 Å². The van der Waals surface area contributed by atoms with Gasteiger partial charge >= 0.3 is 0 Å². The monoisotopic (exact) mass is 446 g/mol. The summed E-state index contributed by atoms with van der Waals surface area (Å²) >= 11 is 1.58. The minimum absolute atomic E-state index is 0.195. The molecule has 2 atom stereocenters. The summed E-state index contributed by atoms with van der Waals surface area (Å²) in [5.74, 6) is -0.00898. The van der Waals surface area contributed by atoms with E-state index in [2.05, 4.69) is 10.5 Å². The van der Waals surface area contributed by atoms with Crippen LogP contribution in [0.1, 0.15) is 53.2 Å². The number of aryl methyl sites for hydroxylation is 1. The fourth-order valence-corrected chi connectivity index (χ4v) is 4.09. The number of nitrogens with one attached hydrogen (secondary N) is 1. The van der Waals surface area contributed by atoms with E-state index in [-0.39, 0.29) is 17.2 Å². The Labute approximate surface area is 188 Å². The van der Waals surface area contributed by atoms with E-state index in [1.54, 1.807) is 28.4 Å². The van der Waals surface area contributed by atoms with Gasteiger partial charge in [0.05, 0.1) is 22.1 Å². The maximum Gasteiger partial charge on any atom is 0.275 e. The van der Waals surface area contributed by atoms with Crippen LogP contribution in [0.25, 0.3) is 10.4 Å². The number of carbonyl (C=O) groups excluding carboxylic acids is 2.